The van der Waals surface area contributed by atoms with E-state index in [1.54, 1.807) is 0 Å². The van der Waals surface area contributed by atoms with Crippen molar-refractivity contribution in [1.29, 1.82) is 5.26 Å². The molecule has 4 rings (SSSR count). The van der Waals surface area contributed by atoms with E-state index in [9.17, 15) is 5.26 Å². The van der Waals surface area contributed by atoms with Gasteiger partial charge in [0.1, 0.15) is 28.4 Å². The number of benzene rings is 2. The van der Waals surface area contributed by atoms with E-state index in [4.69, 9.17) is 4.74 Å². The number of anilines is 1. The van der Waals surface area contributed by atoms with Gasteiger partial charge in [-0.1, -0.05) is 24.3 Å². The zero-order chi connectivity index (χ0) is 22.5. The van der Waals surface area contributed by atoms with Gasteiger partial charge in [-0.2, -0.15) is 10.4 Å². The second kappa shape index (κ2) is 9.54. The lowest BCUT2D eigenvalue weighted by atomic mass is 10.1. The zero-order valence-corrected chi connectivity index (χ0v) is 18.9. The third-order valence-corrected chi connectivity index (χ3v) is 6.08. The maximum Gasteiger partial charge on any atom is 0.195 e. The van der Waals surface area contributed by atoms with E-state index >= 15 is 0 Å². The van der Waals surface area contributed by atoms with Crippen LogP contribution >= 0.6 is 11.3 Å². The molecular weight excluding hydrogens is 420 g/mol. The average Bonchev–Trinajstić information content (AvgIpc) is 3.19. The Labute approximate surface area is 190 Å². The highest BCUT2D eigenvalue weighted by Crippen LogP contribution is 2.43. The summed E-state index contributed by atoms with van der Waals surface area (Å²) in [6.07, 6.45) is 1.42. The van der Waals surface area contributed by atoms with Gasteiger partial charge in [-0.05, 0) is 36.8 Å². The minimum Gasteiger partial charge on any atom is -0.493 e. The summed E-state index contributed by atoms with van der Waals surface area (Å²) >= 11 is 1.43. The van der Waals surface area contributed by atoms with Gasteiger partial charge in [0.2, 0.25) is 0 Å². The van der Waals surface area contributed by atoms with Gasteiger partial charge in [0, 0.05) is 25.3 Å². The van der Waals surface area contributed by atoms with Crippen LogP contribution in [0.15, 0.2) is 65.1 Å². The lowest BCUT2D eigenvalue weighted by Gasteiger charge is -2.11. The number of hydrogen-bond acceptors (Lipinski definition) is 8. The molecule has 0 aliphatic heterocycles. The number of ether oxygens (including phenoxy) is 1. The largest absolute Gasteiger partial charge is 0.493 e. The molecule has 8 heteroatoms. The Hall–Kier alpha value is -3.83. The van der Waals surface area contributed by atoms with Crippen molar-refractivity contribution in [3.63, 3.8) is 0 Å². The molecular formula is C24H22N6OS. The van der Waals surface area contributed by atoms with Crippen molar-refractivity contribution in [3.8, 4) is 22.3 Å². The van der Waals surface area contributed by atoms with E-state index in [1.165, 1.54) is 17.7 Å². The normalized spacial score (nSPS) is 11.1. The summed E-state index contributed by atoms with van der Waals surface area (Å²) in [5.74, 6) is 1.19. The van der Waals surface area contributed by atoms with Crippen LogP contribution in [0.3, 0.4) is 0 Å². The summed E-state index contributed by atoms with van der Waals surface area (Å²) < 4.78 is 6.50. The van der Waals surface area contributed by atoms with E-state index < -0.39 is 0 Å². The number of rotatable bonds is 7. The third-order valence-electron chi connectivity index (χ3n) is 4.87. The SMILES string of the molecule is CCOc1ccccc1-c1sc2c(N=NCc3ccc(N(C)C)cc3)ncnc2c1C#N. The Kier molecular flexibility index (Phi) is 6.38. The van der Waals surface area contributed by atoms with Crippen molar-refractivity contribution >= 4 is 33.1 Å². The van der Waals surface area contributed by atoms with Gasteiger partial charge in [-0.3, -0.25) is 0 Å². The van der Waals surface area contributed by atoms with E-state index in [0.29, 0.717) is 30.0 Å². The Balaban J connectivity index is 1.68. The number of hydrogen-bond donors (Lipinski definition) is 0. The second-order valence-corrected chi connectivity index (χ2v) is 8.20. The molecule has 2 aromatic heterocycles. The van der Waals surface area contributed by atoms with Gasteiger partial charge in [0.25, 0.3) is 0 Å². The summed E-state index contributed by atoms with van der Waals surface area (Å²) in [6, 6.07) is 18.2. The molecule has 0 saturated carbocycles. The summed E-state index contributed by atoms with van der Waals surface area (Å²) in [5, 5.41) is 18.6. The van der Waals surface area contributed by atoms with Crippen LogP contribution < -0.4 is 9.64 Å². The van der Waals surface area contributed by atoms with Gasteiger partial charge >= 0.3 is 0 Å². The number of aromatic nitrogens is 2. The van der Waals surface area contributed by atoms with Crippen LogP contribution in [0.4, 0.5) is 11.5 Å². The number of thiophene rings is 1. The monoisotopic (exact) mass is 442 g/mol. The first-order chi connectivity index (χ1) is 15.6. The molecule has 0 spiro atoms. The van der Waals surface area contributed by atoms with Crippen LogP contribution in [0.1, 0.15) is 18.1 Å². The van der Waals surface area contributed by atoms with E-state index in [0.717, 1.165) is 32.1 Å². The van der Waals surface area contributed by atoms with Crippen molar-refractivity contribution in [2.75, 3.05) is 25.6 Å². The van der Waals surface area contributed by atoms with Crippen LogP contribution in [-0.2, 0) is 6.54 Å². The topological polar surface area (TPSA) is 86.8 Å². The lowest BCUT2D eigenvalue weighted by Crippen LogP contribution is -2.08. The Morgan fingerprint density at radius 2 is 1.88 bits per heavy atom. The van der Waals surface area contributed by atoms with Crippen molar-refractivity contribution < 1.29 is 4.74 Å². The Bertz CT molecular complexity index is 1300. The van der Waals surface area contributed by atoms with Gasteiger partial charge < -0.3 is 9.64 Å². The fraction of sp³-hybridized carbons (Fsp3) is 0.208. The fourth-order valence-electron chi connectivity index (χ4n) is 3.28. The second-order valence-electron chi connectivity index (χ2n) is 7.18. The Morgan fingerprint density at radius 3 is 2.59 bits per heavy atom. The Morgan fingerprint density at radius 1 is 1.09 bits per heavy atom. The van der Waals surface area contributed by atoms with E-state index in [2.05, 4.69) is 26.3 Å². The molecule has 4 aromatic rings. The zero-order valence-electron chi connectivity index (χ0n) is 18.1. The van der Waals surface area contributed by atoms with Crippen LogP contribution in [0.5, 0.6) is 5.75 Å². The van der Waals surface area contributed by atoms with Crippen LogP contribution in [-0.4, -0.2) is 30.7 Å². The molecule has 32 heavy (non-hydrogen) atoms. The molecule has 2 aromatic carbocycles. The van der Waals surface area contributed by atoms with Gasteiger partial charge in [-0.15, -0.1) is 16.5 Å². The minimum absolute atomic E-state index is 0.440. The third kappa shape index (κ3) is 4.29. The fourth-order valence-corrected chi connectivity index (χ4v) is 4.44. The van der Waals surface area contributed by atoms with Crippen LogP contribution in [0.2, 0.25) is 0 Å². The summed E-state index contributed by atoms with van der Waals surface area (Å²) in [6.45, 7) is 2.92. The first-order valence-electron chi connectivity index (χ1n) is 10.2. The number of azo groups is 1. The molecule has 160 valence electrons. The maximum atomic E-state index is 9.86. The number of nitriles is 1. The van der Waals surface area contributed by atoms with Gasteiger partial charge in [-0.25, -0.2) is 9.97 Å². The molecule has 2 heterocycles. The average molecular weight is 443 g/mol. The first-order valence-corrected chi connectivity index (χ1v) is 11.0. The molecule has 7 nitrogen and oxygen atoms in total. The van der Waals surface area contributed by atoms with Crippen LogP contribution in [0, 0.1) is 11.3 Å². The van der Waals surface area contributed by atoms with Crippen molar-refractivity contribution in [1.82, 2.24) is 9.97 Å². The molecule has 0 aliphatic rings. The number of nitrogens with zero attached hydrogens (tertiary/aromatic N) is 6. The molecule has 0 aliphatic carbocycles. The summed E-state index contributed by atoms with van der Waals surface area (Å²) in [5.41, 5.74) is 4.12. The number of para-hydroxylation sites is 1. The molecule has 0 N–H and O–H groups in total. The predicted octanol–water partition coefficient (Wildman–Crippen LogP) is 5.98. The highest BCUT2D eigenvalue weighted by Gasteiger charge is 2.20. The summed E-state index contributed by atoms with van der Waals surface area (Å²) in [7, 11) is 4.01. The lowest BCUT2D eigenvalue weighted by molar-refractivity contribution is 0.341. The molecule has 0 radical (unpaired) electrons. The van der Waals surface area contributed by atoms with Gasteiger partial charge in [0.05, 0.1) is 23.6 Å². The maximum absolute atomic E-state index is 9.86. The first kappa shape index (κ1) is 21.4. The smallest absolute Gasteiger partial charge is 0.195 e. The molecule has 0 saturated heterocycles. The standard InChI is InChI=1S/C24H22N6OS/c1-4-31-20-8-6-5-7-18(20)22-19(13-25)21-23(32-22)24(27-15-26-21)29-28-14-16-9-11-17(12-10-16)30(2)3/h5-12,15H,4,14H2,1-3H3. The van der Waals surface area contributed by atoms with E-state index in [1.807, 2.05) is 74.4 Å². The van der Waals surface area contributed by atoms with Crippen LogP contribution in [0.25, 0.3) is 20.7 Å². The summed E-state index contributed by atoms with van der Waals surface area (Å²) in [4.78, 5) is 11.5. The molecule has 0 fully saturated rings. The minimum atomic E-state index is 0.440. The number of fused-ring (bicyclic) bond motifs is 1. The van der Waals surface area contributed by atoms with Crippen molar-refractivity contribution in [2.24, 2.45) is 10.2 Å². The quantitative estimate of drug-likeness (QED) is 0.329. The molecule has 0 atom stereocenters. The molecule has 0 amide bonds. The predicted molar refractivity (Wildman–Crippen MR) is 128 cm³/mol. The van der Waals surface area contributed by atoms with Crippen molar-refractivity contribution in [3.05, 3.63) is 66.0 Å². The molecule has 0 bridgehead atoms. The van der Waals surface area contributed by atoms with Crippen molar-refractivity contribution in [2.45, 2.75) is 13.5 Å². The highest BCUT2D eigenvalue weighted by molar-refractivity contribution is 7.23. The van der Waals surface area contributed by atoms with Gasteiger partial charge in [0.15, 0.2) is 5.82 Å². The molecule has 0 unspecified atom stereocenters. The highest BCUT2D eigenvalue weighted by atomic mass is 32.1. The van der Waals surface area contributed by atoms with E-state index in [-0.39, 0.29) is 0 Å².